The minimum absolute atomic E-state index is 0.159. The molecule has 1 heteroatoms. The first kappa shape index (κ1) is 19.9. The van der Waals surface area contributed by atoms with Crippen molar-refractivity contribution >= 4 is 27.6 Å². The van der Waals surface area contributed by atoms with Gasteiger partial charge in [-0.1, -0.05) is 94.4 Å². The van der Waals surface area contributed by atoms with E-state index in [4.69, 9.17) is 0 Å². The molecule has 1 aliphatic heterocycles. The van der Waals surface area contributed by atoms with E-state index in [1.54, 1.807) is 0 Å². The molecule has 4 aromatic carbocycles. The van der Waals surface area contributed by atoms with Gasteiger partial charge in [0.1, 0.15) is 0 Å². The minimum Gasteiger partial charge on any atom is -0.369 e. The molecule has 0 saturated carbocycles. The molecule has 0 bridgehead atoms. The molecule has 31 heavy (non-hydrogen) atoms. The van der Waals surface area contributed by atoms with Gasteiger partial charge in [-0.25, -0.2) is 0 Å². The Morgan fingerprint density at radius 1 is 0.806 bits per heavy atom. The number of nitrogens with zero attached hydrogens (tertiary/aromatic N) is 1. The fourth-order valence-electron chi connectivity index (χ4n) is 5.09. The highest BCUT2D eigenvalue weighted by Crippen LogP contribution is 2.41. The lowest BCUT2D eigenvalue weighted by Gasteiger charge is -2.34. The van der Waals surface area contributed by atoms with E-state index in [1.807, 2.05) is 0 Å². The standard InChI is InChI=1S/C30H31N/c1-6-20-9-7-8-10-24(20)29-28-16-15-25-23-14-12-22(30(2,3)4)19-21(23)11-13-26(25)27(28)17-18-31(29)5/h7-19,29H,6H2,1-5H3. The molecule has 0 aliphatic carbocycles. The van der Waals surface area contributed by atoms with Gasteiger partial charge in [0.05, 0.1) is 6.04 Å². The summed E-state index contributed by atoms with van der Waals surface area (Å²) in [6.45, 7) is 9.08. The molecular formula is C30H31N. The minimum atomic E-state index is 0.159. The molecule has 1 aliphatic rings. The van der Waals surface area contributed by atoms with Gasteiger partial charge in [-0.3, -0.25) is 0 Å². The Morgan fingerprint density at radius 2 is 1.55 bits per heavy atom. The highest BCUT2D eigenvalue weighted by molar-refractivity contribution is 6.10. The molecule has 1 unspecified atom stereocenters. The molecule has 0 spiro atoms. The summed E-state index contributed by atoms with van der Waals surface area (Å²) in [6.07, 6.45) is 5.58. The average molecular weight is 406 g/mol. The van der Waals surface area contributed by atoms with E-state index in [-0.39, 0.29) is 11.5 Å². The predicted molar refractivity (Wildman–Crippen MR) is 135 cm³/mol. The quantitative estimate of drug-likeness (QED) is 0.307. The summed E-state index contributed by atoms with van der Waals surface area (Å²) >= 11 is 0. The summed E-state index contributed by atoms with van der Waals surface area (Å²) in [4.78, 5) is 2.35. The van der Waals surface area contributed by atoms with Crippen LogP contribution < -0.4 is 0 Å². The molecular weight excluding hydrogens is 374 g/mol. The lowest BCUT2D eigenvalue weighted by molar-refractivity contribution is 0.380. The Hall–Kier alpha value is -3.06. The number of rotatable bonds is 2. The van der Waals surface area contributed by atoms with E-state index in [2.05, 4.69) is 119 Å². The zero-order valence-corrected chi connectivity index (χ0v) is 19.2. The van der Waals surface area contributed by atoms with Gasteiger partial charge < -0.3 is 4.90 Å². The molecule has 0 fully saturated rings. The highest BCUT2D eigenvalue weighted by Gasteiger charge is 2.26. The normalized spacial score (nSPS) is 16.2. The van der Waals surface area contributed by atoms with Crippen LogP contribution in [0, 0.1) is 0 Å². The van der Waals surface area contributed by atoms with Crippen molar-refractivity contribution in [3.05, 3.63) is 101 Å². The second kappa shape index (κ2) is 7.27. The van der Waals surface area contributed by atoms with Gasteiger partial charge in [0.2, 0.25) is 0 Å². The molecule has 0 saturated heterocycles. The molecule has 4 aromatic rings. The van der Waals surface area contributed by atoms with Gasteiger partial charge in [0.15, 0.2) is 0 Å². The number of benzene rings is 4. The summed E-state index contributed by atoms with van der Waals surface area (Å²) in [6, 6.07) is 25.4. The van der Waals surface area contributed by atoms with Crippen LogP contribution in [-0.4, -0.2) is 11.9 Å². The summed E-state index contributed by atoms with van der Waals surface area (Å²) in [5, 5.41) is 5.35. The predicted octanol–water partition coefficient (Wildman–Crippen LogP) is 7.86. The molecule has 0 radical (unpaired) electrons. The zero-order valence-electron chi connectivity index (χ0n) is 19.2. The molecule has 0 N–H and O–H groups in total. The van der Waals surface area contributed by atoms with Gasteiger partial charge in [-0.15, -0.1) is 0 Å². The summed E-state index contributed by atoms with van der Waals surface area (Å²) < 4.78 is 0. The van der Waals surface area contributed by atoms with E-state index in [1.165, 1.54) is 49.4 Å². The summed E-state index contributed by atoms with van der Waals surface area (Å²) in [7, 11) is 2.19. The van der Waals surface area contributed by atoms with Gasteiger partial charge in [0.25, 0.3) is 0 Å². The van der Waals surface area contributed by atoms with Crippen LogP contribution in [0.15, 0.2) is 72.9 Å². The maximum atomic E-state index is 2.36. The largest absolute Gasteiger partial charge is 0.369 e. The van der Waals surface area contributed by atoms with Crippen molar-refractivity contribution in [2.24, 2.45) is 0 Å². The van der Waals surface area contributed by atoms with E-state index < -0.39 is 0 Å². The third-order valence-corrected chi connectivity index (χ3v) is 6.87. The van der Waals surface area contributed by atoms with Crippen LogP contribution in [-0.2, 0) is 11.8 Å². The van der Waals surface area contributed by atoms with Crippen LogP contribution in [0.2, 0.25) is 0 Å². The van der Waals surface area contributed by atoms with Crippen molar-refractivity contribution in [1.82, 2.24) is 4.90 Å². The van der Waals surface area contributed by atoms with Crippen LogP contribution in [0.5, 0.6) is 0 Å². The summed E-state index contributed by atoms with van der Waals surface area (Å²) in [5.41, 5.74) is 7.13. The van der Waals surface area contributed by atoms with E-state index >= 15 is 0 Å². The molecule has 156 valence electrons. The average Bonchev–Trinajstić information content (AvgIpc) is 2.77. The maximum absolute atomic E-state index is 2.36. The first-order valence-electron chi connectivity index (χ1n) is 11.4. The zero-order chi connectivity index (χ0) is 21.8. The van der Waals surface area contributed by atoms with Crippen LogP contribution in [0.3, 0.4) is 0 Å². The maximum Gasteiger partial charge on any atom is 0.0795 e. The van der Waals surface area contributed by atoms with Crippen molar-refractivity contribution in [2.45, 2.75) is 45.6 Å². The monoisotopic (exact) mass is 405 g/mol. The molecule has 5 rings (SSSR count). The summed E-state index contributed by atoms with van der Waals surface area (Å²) in [5.74, 6) is 0. The SMILES string of the molecule is CCc1ccccc1C1c2ccc3c(ccc4cc(C(C)(C)C)ccc43)c2C=CN1C. The van der Waals surface area contributed by atoms with Crippen LogP contribution >= 0.6 is 0 Å². The fourth-order valence-corrected chi connectivity index (χ4v) is 5.09. The Balaban J connectivity index is 1.73. The van der Waals surface area contributed by atoms with Crippen LogP contribution in [0.1, 0.15) is 61.6 Å². The molecule has 1 nitrogen and oxygen atoms in total. The van der Waals surface area contributed by atoms with Crippen molar-refractivity contribution in [2.75, 3.05) is 7.05 Å². The lowest BCUT2D eigenvalue weighted by Crippen LogP contribution is -2.24. The number of aryl methyl sites for hydroxylation is 1. The second-order valence-corrected chi connectivity index (χ2v) is 9.85. The molecule has 1 atom stereocenters. The van der Waals surface area contributed by atoms with Crippen molar-refractivity contribution in [3.8, 4) is 0 Å². The second-order valence-electron chi connectivity index (χ2n) is 9.85. The number of hydrogen-bond acceptors (Lipinski definition) is 1. The van der Waals surface area contributed by atoms with E-state index in [9.17, 15) is 0 Å². The Morgan fingerprint density at radius 3 is 2.32 bits per heavy atom. The Kier molecular flexibility index (Phi) is 4.66. The third kappa shape index (κ3) is 3.24. The first-order valence-corrected chi connectivity index (χ1v) is 11.4. The van der Waals surface area contributed by atoms with Gasteiger partial charge in [-0.2, -0.15) is 0 Å². The highest BCUT2D eigenvalue weighted by atomic mass is 15.1. The van der Waals surface area contributed by atoms with Crippen molar-refractivity contribution < 1.29 is 0 Å². The Bertz CT molecular complexity index is 1320. The molecule has 0 amide bonds. The fraction of sp³-hybridized carbons (Fsp3) is 0.267. The van der Waals surface area contributed by atoms with E-state index in [0.717, 1.165) is 6.42 Å². The first-order chi connectivity index (χ1) is 14.9. The number of hydrogen-bond donors (Lipinski definition) is 0. The third-order valence-electron chi connectivity index (χ3n) is 6.87. The van der Waals surface area contributed by atoms with Gasteiger partial charge in [-0.05, 0) is 67.3 Å². The molecule has 0 aromatic heterocycles. The number of fused-ring (bicyclic) bond motifs is 5. The van der Waals surface area contributed by atoms with Gasteiger partial charge in [0, 0.05) is 13.2 Å². The van der Waals surface area contributed by atoms with Crippen molar-refractivity contribution in [1.29, 1.82) is 0 Å². The van der Waals surface area contributed by atoms with Gasteiger partial charge >= 0.3 is 0 Å². The van der Waals surface area contributed by atoms with E-state index in [0.29, 0.717) is 0 Å². The lowest BCUT2D eigenvalue weighted by atomic mass is 9.83. The van der Waals surface area contributed by atoms with Crippen molar-refractivity contribution in [3.63, 3.8) is 0 Å². The van der Waals surface area contributed by atoms with Crippen LogP contribution in [0.25, 0.3) is 27.6 Å². The smallest absolute Gasteiger partial charge is 0.0795 e. The van der Waals surface area contributed by atoms with Crippen LogP contribution in [0.4, 0.5) is 0 Å². The Labute approximate surface area is 186 Å². The topological polar surface area (TPSA) is 3.24 Å². The molecule has 1 heterocycles.